The molecule has 3 unspecified atom stereocenters. The minimum atomic E-state index is -3.78. The fraction of sp³-hybridized carbons (Fsp3) is 0.706. The molecule has 1 aromatic rings. The van der Waals surface area contributed by atoms with Crippen LogP contribution in [0.5, 0.6) is 0 Å². The molecule has 1 aromatic heterocycles. The maximum Gasteiger partial charge on any atom is 0.287 e. The summed E-state index contributed by atoms with van der Waals surface area (Å²) in [6, 6.07) is 2.82. The van der Waals surface area contributed by atoms with Gasteiger partial charge in [-0.3, -0.25) is 4.79 Å². The molecule has 1 fully saturated rings. The van der Waals surface area contributed by atoms with Gasteiger partial charge in [-0.1, -0.05) is 26.7 Å². The van der Waals surface area contributed by atoms with Gasteiger partial charge >= 0.3 is 0 Å². The Morgan fingerprint density at radius 3 is 2.50 bits per heavy atom. The minimum Gasteiger partial charge on any atom is -0.438 e. The van der Waals surface area contributed by atoms with E-state index in [4.69, 9.17) is 4.42 Å². The third-order valence-electron chi connectivity index (χ3n) is 4.53. The van der Waals surface area contributed by atoms with E-state index in [0.29, 0.717) is 11.8 Å². The fourth-order valence-electron chi connectivity index (χ4n) is 3.07. The summed E-state index contributed by atoms with van der Waals surface area (Å²) in [6.07, 6.45) is 3.20. The molecular weight excluding hydrogens is 328 g/mol. The van der Waals surface area contributed by atoms with E-state index in [0.717, 1.165) is 12.8 Å². The highest BCUT2D eigenvalue weighted by Gasteiger charge is 2.30. The summed E-state index contributed by atoms with van der Waals surface area (Å²) in [5.74, 6) is 0.615. The van der Waals surface area contributed by atoms with Gasteiger partial charge in [0.15, 0.2) is 5.76 Å². The van der Waals surface area contributed by atoms with Crippen molar-refractivity contribution in [2.24, 2.45) is 11.8 Å². The van der Waals surface area contributed by atoms with Crippen molar-refractivity contribution >= 4 is 15.9 Å². The number of carbonyl (C=O) groups excluding carboxylic acids is 1. The van der Waals surface area contributed by atoms with Crippen LogP contribution in [-0.2, 0) is 10.0 Å². The molecule has 0 spiro atoms. The predicted octanol–water partition coefficient (Wildman–Crippen LogP) is 2.91. The first-order valence-corrected chi connectivity index (χ1v) is 9.92. The number of carbonyl (C=O) groups is 1. The highest BCUT2D eigenvalue weighted by atomic mass is 32.2. The van der Waals surface area contributed by atoms with Crippen molar-refractivity contribution in [3.05, 3.63) is 17.9 Å². The van der Waals surface area contributed by atoms with Gasteiger partial charge in [0, 0.05) is 11.6 Å². The summed E-state index contributed by atoms with van der Waals surface area (Å²) in [4.78, 5) is 12.4. The zero-order valence-corrected chi connectivity index (χ0v) is 15.9. The van der Waals surface area contributed by atoms with Crippen molar-refractivity contribution in [3.63, 3.8) is 0 Å². The lowest BCUT2D eigenvalue weighted by Gasteiger charge is -2.34. The van der Waals surface area contributed by atoms with Crippen LogP contribution in [0, 0.1) is 11.8 Å². The molecule has 1 amide bonds. The smallest absolute Gasteiger partial charge is 0.287 e. The van der Waals surface area contributed by atoms with Crippen LogP contribution >= 0.6 is 0 Å². The van der Waals surface area contributed by atoms with Crippen LogP contribution in [0.4, 0.5) is 0 Å². The second-order valence-electron chi connectivity index (χ2n) is 7.82. The van der Waals surface area contributed by atoms with Gasteiger partial charge in [-0.05, 0) is 51.2 Å². The lowest BCUT2D eigenvalue weighted by molar-refractivity contribution is 0.0857. The Morgan fingerprint density at radius 2 is 1.88 bits per heavy atom. The van der Waals surface area contributed by atoms with Gasteiger partial charge in [-0.15, -0.1) is 0 Å². The van der Waals surface area contributed by atoms with E-state index in [1.54, 1.807) is 20.8 Å². The highest BCUT2D eigenvalue weighted by molar-refractivity contribution is 7.89. The summed E-state index contributed by atoms with van der Waals surface area (Å²) < 4.78 is 32.3. The van der Waals surface area contributed by atoms with Crippen molar-refractivity contribution in [1.82, 2.24) is 10.0 Å². The fourth-order valence-corrected chi connectivity index (χ4v) is 4.42. The molecule has 2 N–H and O–H groups in total. The number of rotatable bonds is 4. The van der Waals surface area contributed by atoms with Gasteiger partial charge < -0.3 is 9.73 Å². The van der Waals surface area contributed by atoms with Gasteiger partial charge in [-0.2, -0.15) is 0 Å². The molecule has 1 aliphatic rings. The predicted molar refractivity (Wildman–Crippen MR) is 92.2 cm³/mol. The second kappa shape index (κ2) is 6.88. The van der Waals surface area contributed by atoms with Crippen LogP contribution in [0.1, 0.15) is 64.4 Å². The normalized spacial score (nSPS) is 25.5. The molecule has 0 radical (unpaired) electrons. The number of nitrogens with one attached hydrogen (secondary N) is 2. The molecule has 0 bridgehead atoms. The Morgan fingerprint density at radius 1 is 1.21 bits per heavy atom. The molecule has 136 valence electrons. The van der Waals surface area contributed by atoms with Gasteiger partial charge in [0.05, 0.1) is 0 Å². The van der Waals surface area contributed by atoms with Crippen LogP contribution in [0.25, 0.3) is 0 Å². The maximum absolute atomic E-state index is 12.4. The van der Waals surface area contributed by atoms with Gasteiger partial charge in [-0.25, -0.2) is 13.1 Å². The van der Waals surface area contributed by atoms with Crippen LogP contribution < -0.4 is 10.0 Å². The Labute approximate surface area is 144 Å². The van der Waals surface area contributed by atoms with E-state index in [9.17, 15) is 13.2 Å². The van der Waals surface area contributed by atoms with E-state index in [1.165, 1.54) is 18.6 Å². The first kappa shape index (κ1) is 19.0. The molecule has 0 aromatic carbocycles. The summed E-state index contributed by atoms with van der Waals surface area (Å²) in [5, 5.41) is 2.74. The Balaban J connectivity index is 2.08. The highest BCUT2D eigenvalue weighted by Crippen LogP contribution is 2.29. The van der Waals surface area contributed by atoms with Crippen molar-refractivity contribution in [1.29, 1.82) is 0 Å². The van der Waals surface area contributed by atoms with Crippen LogP contribution in [0.2, 0.25) is 0 Å². The summed E-state index contributed by atoms with van der Waals surface area (Å²) in [5.41, 5.74) is -0.623. The number of hydrogen-bond acceptors (Lipinski definition) is 4. The molecule has 1 saturated carbocycles. The SMILES string of the molecule is CC1CCCC(NC(=O)c2ccc(S(=O)(=O)NC(C)(C)C)o2)C1C. The van der Waals surface area contributed by atoms with E-state index in [2.05, 4.69) is 23.9 Å². The second-order valence-corrected chi connectivity index (χ2v) is 9.43. The zero-order chi connectivity index (χ0) is 18.1. The average molecular weight is 356 g/mol. The number of amides is 1. The molecule has 24 heavy (non-hydrogen) atoms. The molecule has 1 aliphatic carbocycles. The van der Waals surface area contributed by atoms with Crippen molar-refractivity contribution in [2.75, 3.05) is 0 Å². The average Bonchev–Trinajstić information content (AvgIpc) is 2.92. The monoisotopic (exact) mass is 356 g/mol. The third kappa shape index (κ3) is 4.60. The van der Waals surface area contributed by atoms with E-state index >= 15 is 0 Å². The molecule has 6 nitrogen and oxygen atoms in total. The number of furan rings is 1. The maximum atomic E-state index is 12.4. The molecule has 7 heteroatoms. The minimum absolute atomic E-state index is 0.0229. The van der Waals surface area contributed by atoms with E-state index in [1.807, 2.05) is 0 Å². The third-order valence-corrected chi connectivity index (χ3v) is 6.16. The van der Waals surface area contributed by atoms with Crippen molar-refractivity contribution < 1.29 is 17.6 Å². The van der Waals surface area contributed by atoms with Gasteiger partial charge in [0.2, 0.25) is 5.09 Å². The molecule has 0 aliphatic heterocycles. The van der Waals surface area contributed by atoms with Crippen LogP contribution in [0.3, 0.4) is 0 Å². The van der Waals surface area contributed by atoms with Crippen molar-refractivity contribution in [3.8, 4) is 0 Å². The molecule has 1 heterocycles. The molecule has 2 rings (SSSR count). The number of sulfonamides is 1. The Kier molecular flexibility index (Phi) is 5.44. The largest absolute Gasteiger partial charge is 0.438 e. The zero-order valence-electron chi connectivity index (χ0n) is 15.0. The van der Waals surface area contributed by atoms with Crippen LogP contribution in [0.15, 0.2) is 21.6 Å². The summed E-state index contributed by atoms with van der Waals surface area (Å²) in [6.45, 7) is 9.56. The first-order chi connectivity index (χ1) is 11.0. The quantitative estimate of drug-likeness (QED) is 0.868. The van der Waals surface area contributed by atoms with E-state index < -0.39 is 15.6 Å². The van der Waals surface area contributed by atoms with Gasteiger partial charge in [0.25, 0.3) is 15.9 Å². The Hall–Kier alpha value is -1.34. The molecule has 3 atom stereocenters. The first-order valence-electron chi connectivity index (χ1n) is 8.44. The van der Waals surface area contributed by atoms with Crippen molar-refractivity contribution in [2.45, 2.75) is 70.6 Å². The topological polar surface area (TPSA) is 88.4 Å². The van der Waals surface area contributed by atoms with Crippen LogP contribution in [-0.4, -0.2) is 25.9 Å². The summed E-state index contributed by atoms with van der Waals surface area (Å²) in [7, 11) is -3.78. The molecule has 0 saturated heterocycles. The van der Waals surface area contributed by atoms with Gasteiger partial charge in [0.1, 0.15) is 0 Å². The summed E-state index contributed by atoms with van der Waals surface area (Å²) >= 11 is 0. The lowest BCUT2D eigenvalue weighted by atomic mass is 9.78. The lowest BCUT2D eigenvalue weighted by Crippen LogP contribution is -2.43. The van der Waals surface area contributed by atoms with E-state index in [-0.39, 0.29) is 22.8 Å². The Bertz CT molecular complexity index is 688. The standard InChI is InChI=1S/C17H28N2O4S/c1-11-7-6-8-13(12(11)2)18-16(20)14-9-10-15(23-14)24(21,22)19-17(3,4)5/h9-13,19H,6-8H2,1-5H3,(H,18,20). The molecular formula is C17H28N2O4S. The number of hydrogen-bond donors (Lipinski definition) is 2.